The van der Waals surface area contributed by atoms with Crippen molar-refractivity contribution in [2.45, 2.75) is 52.9 Å². The maximum atomic E-state index is 12.1. The molecule has 0 aliphatic heterocycles. The predicted octanol–water partition coefficient (Wildman–Crippen LogP) is 3.26. The second-order valence-electron chi connectivity index (χ2n) is 7.62. The third-order valence-corrected chi connectivity index (χ3v) is 3.82. The highest BCUT2D eigenvalue weighted by Crippen LogP contribution is 2.22. The van der Waals surface area contributed by atoms with E-state index in [2.05, 4.69) is 26.1 Å². The second-order valence-corrected chi connectivity index (χ2v) is 7.62. The molecule has 1 amide bonds. The Morgan fingerprint density at radius 3 is 2.20 bits per heavy atom. The summed E-state index contributed by atoms with van der Waals surface area (Å²) in [5.41, 5.74) is 1.65. The summed E-state index contributed by atoms with van der Waals surface area (Å²) >= 11 is 0. The molecular formula is C20H29NO4. The first-order chi connectivity index (χ1) is 11.6. The van der Waals surface area contributed by atoms with Crippen molar-refractivity contribution in [3.63, 3.8) is 0 Å². The van der Waals surface area contributed by atoms with Crippen molar-refractivity contribution in [3.8, 4) is 0 Å². The molecule has 1 N–H and O–H groups in total. The summed E-state index contributed by atoms with van der Waals surface area (Å²) in [7, 11) is 0. The van der Waals surface area contributed by atoms with Gasteiger partial charge in [-0.05, 0) is 23.3 Å². The first kappa shape index (κ1) is 20.9. The van der Waals surface area contributed by atoms with Crippen LogP contribution >= 0.6 is 0 Å². The van der Waals surface area contributed by atoms with E-state index in [4.69, 9.17) is 4.74 Å². The Balaban J connectivity index is 2.38. The maximum Gasteiger partial charge on any atom is 0.325 e. The highest BCUT2D eigenvalue weighted by molar-refractivity contribution is 5.98. The molecule has 1 aromatic carbocycles. The van der Waals surface area contributed by atoms with Crippen LogP contribution in [-0.4, -0.2) is 30.8 Å². The lowest BCUT2D eigenvalue weighted by atomic mass is 9.86. The van der Waals surface area contributed by atoms with Gasteiger partial charge in [-0.2, -0.15) is 0 Å². The fourth-order valence-electron chi connectivity index (χ4n) is 2.12. The number of ether oxygens (including phenoxy) is 1. The zero-order valence-corrected chi connectivity index (χ0v) is 15.8. The molecule has 138 valence electrons. The normalized spacial score (nSPS) is 11.3. The molecule has 5 heteroatoms. The summed E-state index contributed by atoms with van der Waals surface area (Å²) in [6.07, 6.45) is 1.15. The molecule has 0 saturated carbocycles. The molecule has 0 atom stereocenters. The Morgan fingerprint density at radius 1 is 1.08 bits per heavy atom. The highest BCUT2D eigenvalue weighted by atomic mass is 16.5. The quantitative estimate of drug-likeness (QED) is 0.579. The number of hydrogen-bond donors (Lipinski definition) is 1. The van der Waals surface area contributed by atoms with Gasteiger partial charge in [0, 0.05) is 12.0 Å². The lowest BCUT2D eigenvalue weighted by Crippen LogP contribution is -2.31. The van der Waals surface area contributed by atoms with Gasteiger partial charge in [0.25, 0.3) is 0 Å². The summed E-state index contributed by atoms with van der Waals surface area (Å²) in [4.78, 5) is 35.2. The van der Waals surface area contributed by atoms with Crippen molar-refractivity contribution in [2.24, 2.45) is 5.92 Å². The Kier molecular flexibility index (Phi) is 7.81. The van der Waals surface area contributed by atoms with Gasteiger partial charge >= 0.3 is 5.97 Å². The van der Waals surface area contributed by atoms with Crippen LogP contribution in [0.15, 0.2) is 24.3 Å². The zero-order valence-electron chi connectivity index (χ0n) is 15.8. The smallest absolute Gasteiger partial charge is 0.325 e. The van der Waals surface area contributed by atoms with E-state index in [1.165, 1.54) is 0 Å². The summed E-state index contributed by atoms with van der Waals surface area (Å²) in [6.45, 7) is 9.81. The van der Waals surface area contributed by atoms with E-state index >= 15 is 0 Å². The van der Waals surface area contributed by atoms with E-state index in [9.17, 15) is 14.4 Å². The van der Waals surface area contributed by atoms with Crippen LogP contribution in [0.3, 0.4) is 0 Å². The molecule has 0 aliphatic carbocycles. The molecule has 0 aromatic heterocycles. The van der Waals surface area contributed by atoms with Gasteiger partial charge in [-0.3, -0.25) is 14.4 Å². The lowest BCUT2D eigenvalue weighted by Gasteiger charge is -2.18. The van der Waals surface area contributed by atoms with Crippen LogP contribution in [0.5, 0.6) is 0 Å². The van der Waals surface area contributed by atoms with E-state index in [-0.39, 0.29) is 30.3 Å². The minimum atomic E-state index is -0.613. The second kappa shape index (κ2) is 9.35. The number of amides is 1. The third kappa shape index (κ3) is 7.96. The average Bonchev–Trinajstić information content (AvgIpc) is 2.55. The summed E-state index contributed by atoms with van der Waals surface area (Å²) in [5.74, 6) is -0.632. The van der Waals surface area contributed by atoms with Crippen LogP contribution in [0.4, 0.5) is 0 Å². The summed E-state index contributed by atoms with van der Waals surface area (Å²) < 4.78 is 4.93. The predicted molar refractivity (Wildman–Crippen MR) is 97.5 cm³/mol. The van der Waals surface area contributed by atoms with Crippen LogP contribution < -0.4 is 5.32 Å². The summed E-state index contributed by atoms with van der Waals surface area (Å²) in [6, 6.07) is 7.29. The van der Waals surface area contributed by atoms with Gasteiger partial charge in [-0.15, -0.1) is 0 Å². The number of rotatable bonds is 8. The van der Waals surface area contributed by atoms with Gasteiger partial charge in [0.15, 0.2) is 12.4 Å². The van der Waals surface area contributed by atoms with Crippen LogP contribution in [0.1, 0.15) is 63.4 Å². The summed E-state index contributed by atoms with van der Waals surface area (Å²) in [5, 5.41) is 2.50. The maximum absolute atomic E-state index is 12.1. The van der Waals surface area contributed by atoms with E-state index in [0.29, 0.717) is 17.9 Å². The number of carbonyl (C=O) groups excluding carboxylic acids is 3. The molecule has 0 unspecified atom stereocenters. The highest BCUT2D eigenvalue weighted by Gasteiger charge is 2.15. The third-order valence-electron chi connectivity index (χ3n) is 3.82. The van der Waals surface area contributed by atoms with Gasteiger partial charge < -0.3 is 10.1 Å². The van der Waals surface area contributed by atoms with E-state index < -0.39 is 5.97 Å². The Hall–Kier alpha value is -2.17. The number of esters is 1. The lowest BCUT2D eigenvalue weighted by molar-refractivity contribution is -0.142. The minimum absolute atomic E-state index is 0.0157. The topological polar surface area (TPSA) is 72.5 Å². The van der Waals surface area contributed by atoms with E-state index in [1.807, 2.05) is 26.0 Å². The molecule has 0 heterocycles. The molecule has 0 radical (unpaired) electrons. The molecule has 0 fully saturated rings. The van der Waals surface area contributed by atoms with Gasteiger partial charge in [0.2, 0.25) is 5.91 Å². The molecule has 0 spiro atoms. The molecular weight excluding hydrogens is 318 g/mol. The molecule has 0 aliphatic rings. The monoisotopic (exact) mass is 347 g/mol. The SMILES string of the molecule is CC(C)CCC(=O)NCC(=O)OCC(=O)c1ccc(C(C)(C)C)cc1. The van der Waals surface area contributed by atoms with Crippen molar-refractivity contribution < 1.29 is 19.1 Å². The molecule has 5 nitrogen and oxygen atoms in total. The Bertz CT molecular complexity index is 597. The van der Waals surface area contributed by atoms with Crippen LogP contribution in [0.2, 0.25) is 0 Å². The van der Waals surface area contributed by atoms with Gasteiger partial charge in [0.05, 0.1) is 0 Å². The minimum Gasteiger partial charge on any atom is -0.456 e. The number of Topliss-reactive ketones (excluding diaryl/α,β-unsaturated/α-hetero) is 1. The first-order valence-corrected chi connectivity index (χ1v) is 8.65. The molecule has 1 rings (SSSR count). The van der Waals surface area contributed by atoms with Crippen molar-refractivity contribution in [3.05, 3.63) is 35.4 Å². The molecule has 0 bridgehead atoms. The van der Waals surface area contributed by atoms with Crippen LogP contribution in [0.25, 0.3) is 0 Å². The van der Waals surface area contributed by atoms with E-state index in [1.54, 1.807) is 12.1 Å². The van der Waals surface area contributed by atoms with Gasteiger partial charge in [-0.1, -0.05) is 58.9 Å². The number of ketones is 1. The van der Waals surface area contributed by atoms with Crippen molar-refractivity contribution >= 4 is 17.7 Å². The standard InChI is InChI=1S/C20H29NO4/c1-14(2)6-11-18(23)21-12-19(24)25-13-17(22)15-7-9-16(10-8-15)20(3,4)5/h7-10,14H,6,11-13H2,1-5H3,(H,21,23). The van der Waals surface area contributed by atoms with Gasteiger partial charge in [0.1, 0.15) is 6.54 Å². The van der Waals surface area contributed by atoms with Crippen molar-refractivity contribution in [2.75, 3.05) is 13.2 Å². The Morgan fingerprint density at radius 2 is 1.68 bits per heavy atom. The molecule has 0 saturated heterocycles. The number of carbonyl (C=O) groups is 3. The first-order valence-electron chi connectivity index (χ1n) is 8.65. The van der Waals surface area contributed by atoms with E-state index in [0.717, 1.165) is 12.0 Å². The largest absolute Gasteiger partial charge is 0.456 e. The van der Waals surface area contributed by atoms with Crippen molar-refractivity contribution in [1.82, 2.24) is 5.32 Å². The van der Waals surface area contributed by atoms with Crippen LogP contribution in [-0.2, 0) is 19.7 Å². The molecule has 25 heavy (non-hydrogen) atoms. The average molecular weight is 347 g/mol. The molecule has 1 aromatic rings. The zero-order chi connectivity index (χ0) is 19.0. The Labute approximate surface area is 150 Å². The number of benzene rings is 1. The van der Waals surface area contributed by atoms with Gasteiger partial charge in [-0.25, -0.2) is 0 Å². The number of hydrogen-bond acceptors (Lipinski definition) is 4. The number of nitrogens with one attached hydrogen (secondary N) is 1. The van der Waals surface area contributed by atoms with Crippen molar-refractivity contribution in [1.29, 1.82) is 0 Å². The van der Waals surface area contributed by atoms with Crippen LogP contribution in [0, 0.1) is 5.92 Å². The fraction of sp³-hybridized carbons (Fsp3) is 0.550. The fourth-order valence-corrected chi connectivity index (χ4v) is 2.12.